The first-order valence-electron chi connectivity index (χ1n) is 4.63. The molecule has 0 amide bonds. The van der Waals surface area contributed by atoms with Crippen LogP contribution >= 0.6 is 15.9 Å². The zero-order valence-corrected chi connectivity index (χ0v) is 11.1. The second-order valence-corrected chi connectivity index (χ2v) is 6.48. The molecule has 0 radical (unpaired) electrons. The van der Waals surface area contributed by atoms with E-state index < -0.39 is 9.84 Å². The van der Waals surface area contributed by atoms with E-state index >= 15 is 0 Å². The summed E-state index contributed by atoms with van der Waals surface area (Å²) >= 11 is 3.26. The molecule has 1 rings (SSSR count). The van der Waals surface area contributed by atoms with Crippen molar-refractivity contribution in [1.29, 1.82) is 0 Å². The monoisotopic (exact) mass is 291 g/mol. The molecule has 1 N–H and O–H groups in total. The summed E-state index contributed by atoms with van der Waals surface area (Å²) in [6, 6.07) is 6.81. The lowest BCUT2D eigenvalue weighted by Gasteiger charge is -2.08. The van der Waals surface area contributed by atoms with Gasteiger partial charge in [-0.15, -0.1) is 0 Å². The van der Waals surface area contributed by atoms with Crippen LogP contribution in [0.4, 0.5) is 0 Å². The number of rotatable bonds is 4. The van der Waals surface area contributed by atoms with Crippen LogP contribution in [0.3, 0.4) is 0 Å². The van der Waals surface area contributed by atoms with Gasteiger partial charge in [0, 0.05) is 10.5 Å². The van der Waals surface area contributed by atoms with Gasteiger partial charge in [-0.2, -0.15) is 0 Å². The highest BCUT2D eigenvalue weighted by Gasteiger charge is 2.13. The zero-order valence-electron chi connectivity index (χ0n) is 8.70. The molecule has 84 valence electrons. The van der Waals surface area contributed by atoms with Crippen LogP contribution in [0.2, 0.25) is 0 Å². The Morgan fingerprint density at radius 3 is 2.27 bits per heavy atom. The van der Waals surface area contributed by atoms with Gasteiger partial charge in [-0.1, -0.05) is 15.9 Å². The van der Waals surface area contributed by atoms with Crippen molar-refractivity contribution in [2.45, 2.75) is 24.8 Å². The van der Waals surface area contributed by atoms with Crippen LogP contribution in [0.5, 0.6) is 0 Å². The molecule has 0 heterocycles. The van der Waals surface area contributed by atoms with Crippen LogP contribution in [0.15, 0.2) is 33.6 Å². The summed E-state index contributed by atoms with van der Waals surface area (Å²) in [6.45, 7) is 3.83. The van der Waals surface area contributed by atoms with Gasteiger partial charge in [0.15, 0.2) is 9.84 Å². The van der Waals surface area contributed by atoms with Crippen LogP contribution in [-0.4, -0.2) is 20.3 Å². The predicted molar refractivity (Wildman–Crippen MR) is 64.5 cm³/mol. The Bertz CT molecular complexity index is 412. The number of hydrogen-bond donors (Lipinski definition) is 1. The smallest absolute Gasteiger partial charge is 0.191 e. The SMILES string of the molecule is CC(C)NCS(=O)(=O)c1ccc(Br)cc1. The number of sulfone groups is 1. The van der Waals surface area contributed by atoms with Gasteiger partial charge in [-0.25, -0.2) is 8.42 Å². The van der Waals surface area contributed by atoms with E-state index in [9.17, 15) is 8.42 Å². The largest absolute Gasteiger partial charge is 0.301 e. The lowest BCUT2D eigenvalue weighted by atomic mass is 10.4. The van der Waals surface area contributed by atoms with E-state index in [1.807, 2.05) is 13.8 Å². The van der Waals surface area contributed by atoms with Crippen molar-refractivity contribution >= 4 is 25.8 Å². The van der Waals surface area contributed by atoms with Crippen molar-refractivity contribution in [3.63, 3.8) is 0 Å². The summed E-state index contributed by atoms with van der Waals surface area (Å²) in [5, 5.41) is 2.90. The Morgan fingerprint density at radius 1 is 1.27 bits per heavy atom. The molecule has 0 aliphatic carbocycles. The summed E-state index contributed by atoms with van der Waals surface area (Å²) in [5.41, 5.74) is 0. The van der Waals surface area contributed by atoms with E-state index in [-0.39, 0.29) is 11.9 Å². The molecule has 0 saturated heterocycles. The van der Waals surface area contributed by atoms with Gasteiger partial charge >= 0.3 is 0 Å². The van der Waals surface area contributed by atoms with E-state index in [4.69, 9.17) is 0 Å². The van der Waals surface area contributed by atoms with Crippen molar-refractivity contribution in [2.75, 3.05) is 5.88 Å². The minimum atomic E-state index is -3.20. The molecule has 0 aliphatic heterocycles. The molecular formula is C10H14BrNO2S. The minimum absolute atomic E-state index is 0.0215. The summed E-state index contributed by atoms with van der Waals surface area (Å²) in [6.07, 6.45) is 0. The molecular weight excluding hydrogens is 278 g/mol. The molecule has 0 unspecified atom stereocenters. The lowest BCUT2D eigenvalue weighted by Crippen LogP contribution is -2.29. The Hall–Kier alpha value is -0.390. The fourth-order valence-corrected chi connectivity index (χ4v) is 2.54. The molecule has 0 aromatic heterocycles. The van der Waals surface area contributed by atoms with Gasteiger partial charge in [-0.3, -0.25) is 0 Å². The van der Waals surface area contributed by atoms with Gasteiger partial charge in [0.2, 0.25) is 0 Å². The van der Waals surface area contributed by atoms with E-state index in [2.05, 4.69) is 21.2 Å². The number of nitrogens with one attached hydrogen (secondary N) is 1. The maximum Gasteiger partial charge on any atom is 0.191 e. The molecule has 1 aromatic rings. The van der Waals surface area contributed by atoms with Crippen LogP contribution in [0.1, 0.15) is 13.8 Å². The summed E-state index contributed by atoms with van der Waals surface area (Å²) < 4.78 is 24.4. The first kappa shape index (κ1) is 12.7. The quantitative estimate of drug-likeness (QED) is 0.925. The van der Waals surface area contributed by atoms with Gasteiger partial charge in [0.05, 0.1) is 4.90 Å². The Balaban J connectivity index is 2.82. The first-order valence-corrected chi connectivity index (χ1v) is 7.08. The second-order valence-electron chi connectivity index (χ2n) is 3.57. The van der Waals surface area contributed by atoms with E-state index in [0.29, 0.717) is 4.90 Å². The highest BCUT2D eigenvalue weighted by atomic mass is 79.9. The second kappa shape index (κ2) is 5.09. The molecule has 0 bridgehead atoms. The normalized spacial score (nSPS) is 12.0. The number of benzene rings is 1. The lowest BCUT2D eigenvalue weighted by molar-refractivity contribution is 0.573. The van der Waals surface area contributed by atoms with Gasteiger partial charge < -0.3 is 5.32 Å². The van der Waals surface area contributed by atoms with Gasteiger partial charge in [-0.05, 0) is 38.1 Å². The molecule has 5 heteroatoms. The summed E-state index contributed by atoms with van der Waals surface area (Å²) in [7, 11) is -3.20. The average Bonchev–Trinajstić information content (AvgIpc) is 2.16. The Labute approximate surface area is 98.9 Å². The molecule has 15 heavy (non-hydrogen) atoms. The van der Waals surface area contributed by atoms with Crippen molar-refractivity contribution in [3.05, 3.63) is 28.7 Å². The standard InChI is InChI=1S/C10H14BrNO2S/c1-8(2)12-7-15(13,14)10-5-3-9(11)4-6-10/h3-6,8,12H,7H2,1-2H3. The zero-order chi connectivity index (χ0) is 11.5. The van der Waals surface area contributed by atoms with E-state index in [1.54, 1.807) is 24.3 Å². The van der Waals surface area contributed by atoms with Crippen molar-refractivity contribution in [2.24, 2.45) is 0 Å². The average molecular weight is 292 g/mol. The van der Waals surface area contributed by atoms with Crippen LogP contribution in [-0.2, 0) is 9.84 Å². The number of hydrogen-bond acceptors (Lipinski definition) is 3. The number of halogens is 1. The van der Waals surface area contributed by atoms with E-state index in [1.165, 1.54) is 0 Å². The van der Waals surface area contributed by atoms with Crippen LogP contribution in [0.25, 0.3) is 0 Å². The van der Waals surface area contributed by atoms with Crippen LogP contribution in [0, 0.1) is 0 Å². The topological polar surface area (TPSA) is 46.2 Å². The maximum atomic E-state index is 11.8. The predicted octanol–water partition coefficient (Wildman–Crippen LogP) is 2.18. The molecule has 0 atom stereocenters. The first-order chi connectivity index (χ1) is 6.92. The van der Waals surface area contributed by atoms with Crippen molar-refractivity contribution in [3.8, 4) is 0 Å². The molecule has 0 fully saturated rings. The van der Waals surface area contributed by atoms with Crippen LogP contribution < -0.4 is 5.32 Å². The molecule has 0 aliphatic rings. The fourth-order valence-electron chi connectivity index (χ4n) is 1.00. The Kier molecular flexibility index (Phi) is 4.31. The van der Waals surface area contributed by atoms with Crippen molar-refractivity contribution in [1.82, 2.24) is 5.32 Å². The third-order valence-corrected chi connectivity index (χ3v) is 3.92. The Morgan fingerprint density at radius 2 is 1.80 bits per heavy atom. The highest BCUT2D eigenvalue weighted by Crippen LogP contribution is 2.15. The van der Waals surface area contributed by atoms with Gasteiger partial charge in [0.1, 0.15) is 5.88 Å². The maximum absolute atomic E-state index is 11.8. The third-order valence-electron chi connectivity index (χ3n) is 1.85. The summed E-state index contributed by atoms with van der Waals surface area (Å²) in [5.74, 6) is -0.0215. The van der Waals surface area contributed by atoms with E-state index in [0.717, 1.165) is 4.47 Å². The minimum Gasteiger partial charge on any atom is -0.301 e. The van der Waals surface area contributed by atoms with Crippen molar-refractivity contribution < 1.29 is 8.42 Å². The molecule has 1 aromatic carbocycles. The van der Waals surface area contributed by atoms with Gasteiger partial charge in [0.25, 0.3) is 0 Å². The molecule has 0 spiro atoms. The summed E-state index contributed by atoms with van der Waals surface area (Å²) in [4.78, 5) is 0.346. The third kappa shape index (κ3) is 3.93. The molecule has 3 nitrogen and oxygen atoms in total. The highest BCUT2D eigenvalue weighted by molar-refractivity contribution is 9.10. The molecule has 0 saturated carbocycles. The fraction of sp³-hybridized carbons (Fsp3) is 0.400.